The summed E-state index contributed by atoms with van der Waals surface area (Å²) >= 11 is 2.21. The van der Waals surface area contributed by atoms with Gasteiger partial charge >= 0.3 is 0 Å². The number of allylic oxidation sites excluding steroid dienone is 2. The van der Waals surface area contributed by atoms with Crippen molar-refractivity contribution < 1.29 is 4.43 Å². The van der Waals surface area contributed by atoms with E-state index in [0.717, 1.165) is 13.0 Å². The van der Waals surface area contributed by atoms with Gasteiger partial charge in [-0.25, -0.2) is 0 Å². The second kappa shape index (κ2) is 8.81. The summed E-state index contributed by atoms with van der Waals surface area (Å²) in [6.07, 6.45) is 6.81. The molecule has 0 unspecified atom stereocenters. The Morgan fingerprint density at radius 3 is 2.43 bits per heavy atom. The number of hydrogen-bond acceptors (Lipinski definition) is 3. The van der Waals surface area contributed by atoms with Gasteiger partial charge in [-0.3, -0.25) is 0 Å². The molecule has 23 heavy (non-hydrogen) atoms. The fourth-order valence-electron chi connectivity index (χ4n) is 2.89. The second-order valence-corrected chi connectivity index (χ2v) is 22.4. The van der Waals surface area contributed by atoms with Crippen molar-refractivity contribution in [3.8, 4) is 0 Å². The first kappa shape index (κ1) is 20.9. The summed E-state index contributed by atoms with van der Waals surface area (Å²) in [4.78, 5) is 2.57. The Kier molecular flexibility index (Phi) is 8.01. The van der Waals surface area contributed by atoms with Crippen LogP contribution in [0.3, 0.4) is 0 Å². The lowest BCUT2D eigenvalue weighted by Crippen LogP contribution is -2.37. The lowest BCUT2D eigenvalue weighted by molar-refractivity contribution is 0.190. The van der Waals surface area contributed by atoms with E-state index in [2.05, 4.69) is 68.9 Å². The maximum atomic E-state index is 6.51. The molecule has 1 saturated heterocycles. The summed E-state index contributed by atoms with van der Waals surface area (Å²) in [5, 5.41) is 0. The predicted octanol–water partition coefficient (Wildman–Crippen LogP) is 6.07. The van der Waals surface area contributed by atoms with E-state index in [1.807, 2.05) is 6.08 Å². The molecule has 0 spiro atoms. The number of hydrogen-bond donors (Lipinski definition) is 0. The number of nitrogens with zero attached hydrogens (tertiary/aromatic N) is 1. The van der Waals surface area contributed by atoms with E-state index in [4.69, 9.17) is 4.43 Å². The SMILES string of the molecule is C=CC/C(C)=C(/O[Si](C)(C)C)N1CCC[C@H]1CCS[Si](C)(C)C. The molecular formula is C18H37NOSSi2. The molecule has 0 aromatic rings. The van der Waals surface area contributed by atoms with Crippen LogP contribution >= 0.6 is 11.2 Å². The summed E-state index contributed by atoms with van der Waals surface area (Å²) in [5.74, 6) is 2.46. The zero-order chi connectivity index (χ0) is 17.7. The van der Waals surface area contributed by atoms with E-state index in [1.54, 1.807) is 0 Å². The van der Waals surface area contributed by atoms with E-state index in [-0.39, 0.29) is 0 Å². The van der Waals surface area contributed by atoms with Crippen LogP contribution in [0, 0.1) is 0 Å². The van der Waals surface area contributed by atoms with Crippen molar-refractivity contribution in [1.29, 1.82) is 0 Å². The third kappa shape index (κ3) is 7.99. The van der Waals surface area contributed by atoms with Gasteiger partial charge in [0.15, 0.2) is 5.88 Å². The Balaban J connectivity index is 2.83. The first-order valence-electron chi connectivity index (χ1n) is 8.94. The first-order chi connectivity index (χ1) is 10.5. The molecule has 1 aliphatic heterocycles. The Labute approximate surface area is 150 Å². The van der Waals surface area contributed by atoms with Crippen molar-refractivity contribution in [3.05, 3.63) is 24.1 Å². The Morgan fingerprint density at radius 2 is 1.91 bits per heavy atom. The van der Waals surface area contributed by atoms with Crippen LogP contribution in [0.2, 0.25) is 39.3 Å². The van der Waals surface area contributed by atoms with Crippen LogP contribution in [0.5, 0.6) is 0 Å². The zero-order valence-corrected chi connectivity index (χ0v) is 19.2. The summed E-state index contributed by atoms with van der Waals surface area (Å²) in [7, 11) is -2.61. The highest BCUT2D eigenvalue weighted by Gasteiger charge is 2.31. The molecule has 1 fully saturated rings. The van der Waals surface area contributed by atoms with Crippen LogP contribution in [-0.2, 0) is 4.43 Å². The maximum absolute atomic E-state index is 6.51. The topological polar surface area (TPSA) is 12.5 Å². The monoisotopic (exact) mass is 371 g/mol. The predicted molar refractivity (Wildman–Crippen MR) is 112 cm³/mol. The minimum atomic E-state index is -1.60. The van der Waals surface area contributed by atoms with Crippen molar-refractivity contribution in [2.24, 2.45) is 0 Å². The van der Waals surface area contributed by atoms with E-state index < -0.39 is 15.5 Å². The van der Waals surface area contributed by atoms with E-state index >= 15 is 0 Å². The van der Waals surface area contributed by atoms with Crippen molar-refractivity contribution in [1.82, 2.24) is 4.90 Å². The normalized spacial score (nSPS) is 20.5. The van der Waals surface area contributed by atoms with Gasteiger partial charge in [-0.1, -0.05) is 25.7 Å². The summed E-state index contributed by atoms with van der Waals surface area (Å²) in [6.45, 7) is 21.4. The molecule has 1 aliphatic rings. The van der Waals surface area contributed by atoms with Gasteiger partial charge in [0.1, 0.15) is 7.22 Å². The lowest BCUT2D eigenvalue weighted by atomic mass is 10.1. The molecule has 0 aromatic heterocycles. The highest BCUT2D eigenvalue weighted by molar-refractivity contribution is 8.28. The molecule has 5 heteroatoms. The number of likely N-dealkylation sites (tertiary alicyclic amines) is 1. The summed E-state index contributed by atoms with van der Waals surface area (Å²) in [6, 6.07) is 0.657. The van der Waals surface area contributed by atoms with Crippen LogP contribution in [0.1, 0.15) is 32.6 Å². The minimum absolute atomic E-state index is 0.657. The molecule has 0 amide bonds. The van der Waals surface area contributed by atoms with Crippen LogP contribution in [0.25, 0.3) is 0 Å². The summed E-state index contributed by atoms with van der Waals surface area (Å²) < 4.78 is 6.51. The van der Waals surface area contributed by atoms with Gasteiger partial charge in [-0.15, -0.1) is 6.58 Å². The van der Waals surface area contributed by atoms with Gasteiger partial charge in [0, 0.05) is 12.6 Å². The molecule has 0 N–H and O–H groups in total. The molecular weight excluding hydrogens is 334 g/mol. The molecule has 1 heterocycles. The molecule has 0 radical (unpaired) electrons. The fourth-order valence-corrected chi connectivity index (χ4v) is 6.95. The van der Waals surface area contributed by atoms with Crippen LogP contribution in [0.4, 0.5) is 0 Å². The van der Waals surface area contributed by atoms with Crippen LogP contribution in [-0.4, -0.2) is 38.8 Å². The van der Waals surface area contributed by atoms with Gasteiger partial charge in [0.25, 0.3) is 0 Å². The highest BCUT2D eigenvalue weighted by atomic mass is 32.4. The number of rotatable bonds is 9. The Hall–Kier alpha value is -0.136. The van der Waals surface area contributed by atoms with Gasteiger partial charge in [-0.2, -0.15) is 11.2 Å². The average Bonchev–Trinajstić information content (AvgIpc) is 2.82. The van der Waals surface area contributed by atoms with Gasteiger partial charge < -0.3 is 9.33 Å². The molecule has 0 aliphatic carbocycles. The first-order valence-corrected chi connectivity index (χ1v) is 17.6. The highest BCUT2D eigenvalue weighted by Crippen LogP contribution is 2.31. The molecule has 0 aromatic carbocycles. The van der Waals surface area contributed by atoms with Crippen LogP contribution in [0.15, 0.2) is 24.1 Å². The molecule has 0 saturated carbocycles. The van der Waals surface area contributed by atoms with E-state index in [1.165, 1.54) is 36.5 Å². The maximum Gasteiger partial charge on any atom is 0.244 e. The van der Waals surface area contributed by atoms with Crippen molar-refractivity contribution in [2.45, 2.75) is 77.9 Å². The van der Waals surface area contributed by atoms with Gasteiger partial charge in [0.05, 0.1) is 0 Å². The fraction of sp³-hybridized carbons (Fsp3) is 0.778. The van der Waals surface area contributed by atoms with E-state index in [9.17, 15) is 0 Å². The molecule has 0 bridgehead atoms. The summed E-state index contributed by atoms with van der Waals surface area (Å²) in [5.41, 5.74) is 1.34. The van der Waals surface area contributed by atoms with Crippen molar-refractivity contribution in [2.75, 3.05) is 12.3 Å². The third-order valence-corrected chi connectivity index (χ3v) is 9.16. The van der Waals surface area contributed by atoms with Gasteiger partial charge in [0.2, 0.25) is 8.32 Å². The van der Waals surface area contributed by atoms with Gasteiger partial charge in [-0.05, 0) is 63.6 Å². The molecule has 1 atom stereocenters. The van der Waals surface area contributed by atoms with Crippen molar-refractivity contribution in [3.63, 3.8) is 0 Å². The van der Waals surface area contributed by atoms with E-state index in [0.29, 0.717) is 6.04 Å². The zero-order valence-electron chi connectivity index (χ0n) is 16.4. The minimum Gasteiger partial charge on any atom is -0.533 e. The smallest absolute Gasteiger partial charge is 0.244 e. The average molecular weight is 372 g/mol. The molecule has 2 nitrogen and oxygen atoms in total. The lowest BCUT2D eigenvalue weighted by Gasteiger charge is -2.35. The van der Waals surface area contributed by atoms with Crippen molar-refractivity contribution >= 4 is 26.8 Å². The molecule has 134 valence electrons. The molecule has 1 rings (SSSR count). The largest absolute Gasteiger partial charge is 0.533 e. The standard InChI is InChI=1S/C18H37NOSSi2/c1-9-11-16(2)18(20-22(3,4)5)19-14-10-12-17(19)13-15-21-23(6,7)8/h9,17H,1,10-15H2,2-8H3/b18-16+/t17-/m0/s1. The third-order valence-electron chi connectivity index (χ3n) is 3.84. The second-order valence-electron chi connectivity index (χ2n) is 8.53. The Bertz CT molecular complexity index is 424. The van der Waals surface area contributed by atoms with Crippen LogP contribution < -0.4 is 0 Å². The quantitative estimate of drug-likeness (QED) is 0.277. The Morgan fingerprint density at radius 1 is 1.26 bits per heavy atom.